The van der Waals surface area contributed by atoms with Gasteiger partial charge in [-0.3, -0.25) is 0 Å². The first-order chi connectivity index (χ1) is 15.3. The highest BCUT2D eigenvalue weighted by Gasteiger charge is 2.20. The van der Waals surface area contributed by atoms with Gasteiger partial charge in [-0.1, -0.05) is 58.4 Å². The largest absolute Gasteiger partial charge is 0.173 e. The van der Waals surface area contributed by atoms with Crippen molar-refractivity contribution in [1.29, 1.82) is 0 Å². The quantitative estimate of drug-likeness (QED) is 0.193. The second-order valence-electron chi connectivity index (χ2n) is 8.29. The highest BCUT2D eigenvalue weighted by molar-refractivity contribution is 7.15. The number of rotatable bonds is 12. The van der Waals surface area contributed by atoms with Gasteiger partial charge in [0.2, 0.25) is 0 Å². The van der Waals surface area contributed by atoms with Crippen molar-refractivity contribution in [3.05, 3.63) is 46.2 Å². The Morgan fingerprint density at radius 3 is 2.00 bits per heavy atom. The van der Waals surface area contributed by atoms with Crippen LogP contribution in [0.15, 0.2) is 35.0 Å². The topological polar surface area (TPSA) is 25.8 Å². The summed E-state index contributed by atoms with van der Waals surface area (Å²) in [6, 6.07) is 9.11. The summed E-state index contributed by atoms with van der Waals surface area (Å²) in [5, 5.41) is 4.52. The zero-order valence-corrected chi connectivity index (χ0v) is 21.1. The van der Waals surface area contributed by atoms with Crippen molar-refractivity contribution in [2.75, 3.05) is 0 Å². The fourth-order valence-corrected chi connectivity index (χ4v) is 6.82. The number of benzene rings is 1. The van der Waals surface area contributed by atoms with Gasteiger partial charge < -0.3 is 0 Å². The van der Waals surface area contributed by atoms with Crippen molar-refractivity contribution in [2.24, 2.45) is 0 Å². The minimum absolute atomic E-state index is 1.02. The number of fused-ring (bicyclic) bond motifs is 1. The molecule has 5 heteroatoms. The first-order valence-electron chi connectivity index (χ1n) is 11.7. The number of thiophene rings is 2. The Labute approximate surface area is 198 Å². The van der Waals surface area contributed by atoms with E-state index in [1.165, 1.54) is 102 Å². The summed E-state index contributed by atoms with van der Waals surface area (Å²) in [5.41, 5.74) is 7.72. The van der Waals surface area contributed by atoms with Crippen LogP contribution in [0.25, 0.3) is 31.9 Å². The molecule has 0 atom stereocenters. The highest BCUT2D eigenvalue weighted by Crippen LogP contribution is 2.44. The lowest BCUT2D eigenvalue weighted by Crippen LogP contribution is -1.92. The Kier molecular flexibility index (Phi) is 8.28. The van der Waals surface area contributed by atoms with E-state index < -0.39 is 0 Å². The molecule has 1 aromatic carbocycles. The lowest BCUT2D eigenvalue weighted by Gasteiger charge is -2.12. The zero-order chi connectivity index (χ0) is 21.5. The van der Waals surface area contributed by atoms with Crippen LogP contribution in [0.3, 0.4) is 0 Å². The Hall–Kier alpha value is -1.56. The summed E-state index contributed by atoms with van der Waals surface area (Å²) in [7, 11) is 0. The van der Waals surface area contributed by atoms with Crippen LogP contribution >= 0.6 is 34.4 Å². The molecular formula is C26H32N2S3. The van der Waals surface area contributed by atoms with Gasteiger partial charge in [-0.05, 0) is 65.8 Å². The predicted molar refractivity (Wildman–Crippen MR) is 140 cm³/mol. The van der Waals surface area contributed by atoms with E-state index in [9.17, 15) is 0 Å². The Morgan fingerprint density at radius 1 is 0.677 bits per heavy atom. The third-order valence-corrected chi connectivity index (χ3v) is 8.50. The van der Waals surface area contributed by atoms with E-state index in [-0.39, 0.29) is 0 Å². The van der Waals surface area contributed by atoms with Crippen LogP contribution < -0.4 is 0 Å². The van der Waals surface area contributed by atoms with Crippen molar-refractivity contribution in [1.82, 2.24) is 8.75 Å². The van der Waals surface area contributed by atoms with Gasteiger partial charge in [0.25, 0.3) is 0 Å². The monoisotopic (exact) mass is 468 g/mol. The average molecular weight is 469 g/mol. The molecule has 0 radical (unpaired) electrons. The summed E-state index contributed by atoms with van der Waals surface area (Å²) >= 11 is 5.08. The normalized spacial score (nSPS) is 11.5. The van der Waals surface area contributed by atoms with Crippen molar-refractivity contribution in [3.63, 3.8) is 0 Å². The van der Waals surface area contributed by atoms with Gasteiger partial charge in [0, 0.05) is 20.9 Å². The van der Waals surface area contributed by atoms with Gasteiger partial charge in [0.1, 0.15) is 11.0 Å². The molecule has 0 saturated carbocycles. The Bertz CT molecular complexity index is 1090. The molecule has 3 aromatic heterocycles. The molecule has 0 N–H and O–H groups in total. The van der Waals surface area contributed by atoms with Gasteiger partial charge in [-0.15, -0.1) is 22.7 Å². The van der Waals surface area contributed by atoms with Gasteiger partial charge in [0.15, 0.2) is 0 Å². The molecule has 0 aliphatic heterocycles. The van der Waals surface area contributed by atoms with E-state index in [1.807, 2.05) is 22.7 Å². The fourth-order valence-electron chi connectivity index (χ4n) is 4.28. The van der Waals surface area contributed by atoms with E-state index in [2.05, 4.69) is 53.2 Å². The SMILES string of the molecule is CCCCCCc1ccsc1-c1ccc2nsnc2c1-c1sccc1CCCCCC. The number of aryl methyl sites for hydroxylation is 2. The lowest BCUT2D eigenvalue weighted by molar-refractivity contribution is 0.668. The second-order valence-corrected chi connectivity index (χ2v) is 10.7. The smallest absolute Gasteiger partial charge is 0.114 e. The van der Waals surface area contributed by atoms with Gasteiger partial charge in [-0.2, -0.15) is 8.75 Å². The molecule has 0 spiro atoms. The lowest BCUT2D eigenvalue weighted by atomic mass is 9.95. The van der Waals surface area contributed by atoms with E-state index >= 15 is 0 Å². The van der Waals surface area contributed by atoms with Crippen molar-refractivity contribution >= 4 is 45.4 Å². The van der Waals surface area contributed by atoms with Crippen LogP contribution in [-0.2, 0) is 12.8 Å². The third-order valence-electron chi connectivity index (χ3n) is 5.99. The van der Waals surface area contributed by atoms with Crippen molar-refractivity contribution < 1.29 is 0 Å². The Balaban J connectivity index is 1.71. The Morgan fingerprint density at radius 2 is 1.32 bits per heavy atom. The summed E-state index contributed by atoms with van der Waals surface area (Å²) in [6.45, 7) is 4.55. The third kappa shape index (κ3) is 5.27. The predicted octanol–water partition coefficient (Wildman–Crippen LogP) is 9.39. The van der Waals surface area contributed by atoms with Crippen molar-refractivity contribution in [3.8, 4) is 20.9 Å². The van der Waals surface area contributed by atoms with Crippen LogP contribution in [0, 0.1) is 0 Å². The summed E-state index contributed by atoms with van der Waals surface area (Å²) in [4.78, 5) is 2.82. The van der Waals surface area contributed by atoms with E-state index in [0.717, 1.165) is 17.5 Å². The minimum atomic E-state index is 1.02. The van der Waals surface area contributed by atoms with E-state index in [0.29, 0.717) is 0 Å². The van der Waals surface area contributed by atoms with Crippen molar-refractivity contribution in [2.45, 2.75) is 78.1 Å². The maximum Gasteiger partial charge on any atom is 0.114 e. The summed E-state index contributed by atoms with van der Waals surface area (Å²) in [5.74, 6) is 0. The van der Waals surface area contributed by atoms with Crippen LogP contribution in [0.5, 0.6) is 0 Å². The van der Waals surface area contributed by atoms with Gasteiger partial charge in [-0.25, -0.2) is 0 Å². The molecule has 164 valence electrons. The molecule has 4 rings (SSSR count). The highest BCUT2D eigenvalue weighted by atomic mass is 32.1. The first kappa shape index (κ1) is 22.6. The minimum Gasteiger partial charge on any atom is -0.173 e. The molecule has 3 heterocycles. The van der Waals surface area contributed by atoms with E-state index in [1.54, 1.807) is 0 Å². The number of nitrogens with zero attached hydrogens (tertiary/aromatic N) is 2. The molecule has 2 nitrogen and oxygen atoms in total. The maximum absolute atomic E-state index is 4.75. The second kappa shape index (κ2) is 11.3. The number of hydrogen-bond acceptors (Lipinski definition) is 5. The molecule has 0 aliphatic carbocycles. The molecule has 0 unspecified atom stereocenters. The van der Waals surface area contributed by atoms with Crippen LogP contribution in [-0.4, -0.2) is 8.75 Å². The molecule has 0 aliphatic rings. The number of hydrogen-bond donors (Lipinski definition) is 0. The zero-order valence-electron chi connectivity index (χ0n) is 18.7. The standard InChI is InChI=1S/C26H32N2S3/c1-3-5-7-9-11-19-15-17-29-25(19)21-13-14-22-24(28-31-27-22)23(21)26-20(16-18-30-26)12-10-8-6-4-2/h13-18H,3-12H2,1-2H3. The van der Waals surface area contributed by atoms with Crippen LogP contribution in [0.2, 0.25) is 0 Å². The maximum atomic E-state index is 4.75. The summed E-state index contributed by atoms with van der Waals surface area (Å²) in [6.07, 6.45) is 12.7. The van der Waals surface area contributed by atoms with Gasteiger partial charge in [0.05, 0.1) is 11.7 Å². The molecule has 0 saturated heterocycles. The molecule has 0 bridgehead atoms. The van der Waals surface area contributed by atoms with E-state index in [4.69, 9.17) is 4.37 Å². The number of unbranched alkanes of at least 4 members (excludes halogenated alkanes) is 6. The molecule has 4 aromatic rings. The van der Waals surface area contributed by atoms with Crippen LogP contribution in [0.1, 0.15) is 76.3 Å². The van der Waals surface area contributed by atoms with Crippen LogP contribution in [0.4, 0.5) is 0 Å². The molecule has 31 heavy (non-hydrogen) atoms. The molecule has 0 fully saturated rings. The number of aromatic nitrogens is 2. The molecule has 0 amide bonds. The molecular weight excluding hydrogens is 437 g/mol. The van der Waals surface area contributed by atoms with Gasteiger partial charge >= 0.3 is 0 Å². The summed E-state index contributed by atoms with van der Waals surface area (Å²) < 4.78 is 9.31. The first-order valence-corrected chi connectivity index (χ1v) is 14.2. The fraction of sp³-hybridized carbons (Fsp3) is 0.462. The average Bonchev–Trinajstić information content (AvgIpc) is 3.54.